The minimum atomic E-state index is -0.0530. The first-order valence-corrected chi connectivity index (χ1v) is 14.7. The molecule has 0 saturated carbocycles. The lowest BCUT2D eigenvalue weighted by Gasteiger charge is -2.14. The summed E-state index contributed by atoms with van der Waals surface area (Å²) in [5.74, 6) is 0.567. The van der Waals surface area contributed by atoms with Crippen molar-refractivity contribution in [1.82, 2.24) is 19.1 Å². The van der Waals surface area contributed by atoms with Gasteiger partial charge in [-0.2, -0.15) is 0 Å². The number of rotatable bonds is 3. The Kier molecular flexibility index (Phi) is 5.28. The summed E-state index contributed by atoms with van der Waals surface area (Å²) in [6.45, 7) is 0. The van der Waals surface area contributed by atoms with Gasteiger partial charge in [0.1, 0.15) is 0 Å². The van der Waals surface area contributed by atoms with Crippen LogP contribution in [0.3, 0.4) is 0 Å². The first kappa shape index (κ1) is 24.5. The lowest BCUT2D eigenvalue weighted by Crippen LogP contribution is -2.19. The van der Waals surface area contributed by atoms with E-state index in [1.54, 1.807) is 0 Å². The van der Waals surface area contributed by atoms with E-state index in [-0.39, 0.29) is 5.56 Å². The quantitative estimate of drug-likeness (QED) is 0.201. The smallest absolute Gasteiger partial charge is 0.264 e. The highest BCUT2D eigenvalue weighted by molar-refractivity contribution is 6.24. The zero-order chi connectivity index (χ0) is 29.2. The van der Waals surface area contributed by atoms with Crippen molar-refractivity contribution < 1.29 is 0 Å². The third kappa shape index (κ3) is 3.50. The fraction of sp³-hybridized carbons (Fsp3) is 0. The molecule has 0 aliphatic rings. The van der Waals surface area contributed by atoms with Gasteiger partial charge in [-0.05, 0) is 41.8 Å². The molecule has 0 N–H and O–H groups in total. The van der Waals surface area contributed by atoms with E-state index >= 15 is 0 Å². The summed E-state index contributed by atoms with van der Waals surface area (Å²) >= 11 is 0. The number of benzene rings is 6. The molecule has 0 fully saturated rings. The molecular weight excluding hydrogens is 540 g/mol. The van der Waals surface area contributed by atoms with E-state index in [2.05, 4.69) is 53.1 Å². The molecule has 0 aliphatic carbocycles. The molecular formula is C39H24N4O. The number of hydrogen-bond acceptors (Lipinski definition) is 3. The Balaban J connectivity index is 1.46. The van der Waals surface area contributed by atoms with Crippen LogP contribution < -0.4 is 5.56 Å². The molecule has 0 aliphatic heterocycles. The van der Waals surface area contributed by atoms with Crippen LogP contribution in [0.4, 0.5) is 0 Å². The molecule has 44 heavy (non-hydrogen) atoms. The van der Waals surface area contributed by atoms with E-state index in [1.165, 1.54) is 0 Å². The minimum absolute atomic E-state index is 0.0530. The van der Waals surface area contributed by atoms with Crippen LogP contribution >= 0.6 is 0 Å². The molecule has 0 amide bonds. The maximum Gasteiger partial charge on any atom is 0.264 e. The summed E-state index contributed by atoms with van der Waals surface area (Å²) in [5.41, 5.74) is 6.25. The van der Waals surface area contributed by atoms with E-state index in [0.717, 1.165) is 65.9 Å². The van der Waals surface area contributed by atoms with Gasteiger partial charge in [0.05, 0.1) is 33.1 Å². The van der Waals surface area contributed by atoms with Crippen molar-refractivity contribution in [1.29, 1.82) is 0 Å². The highest BCUT2D eigenvalue weighted by atomic mass is 16.1. The summed E-state index contributed by atoms with van der Waals surface area (Å²) in [5, 5.41) is 5.51. The Morgan fingerprint density at radius 3 is 1.82 bits per heavy atom. The van der Waals surface area contributed by atoms with E-state index in [9.17, 15) is 4.79 Å². The molecule has 9 rings (SSSR count). The van der Waals surface area contributed by atoms with Crippen molar-refractivity contribution in [3.63, 3.8) is 0 Å². The molecule has 0 radical (unpaired) electrons. The molecule has 5 nitrogen and oxygen atoms in total. The van der Waals surface area contributed by atoms with E-state index in [0.29, 0.717) is 11.3 Å². The van der Waals surface area contributed by atoms with Gasteiger partial charge >= 0.3 is 0 Å². The van der Waals surface area contributed by atoms with E-state index in [1.807, 2.05) is 102 Å². The van der Waals surface area contributed by atoms with Gasteiger partial charge in [0.15, 0.2) is 0 Å². The van der Waals surface area contributed by atoms with Crippen LogP contribution in [0.25, 0.3) is 77.3 Å². The van der Waals surface area contributed by atoms with Crippen molar-refractivity contribution in [2.75, 3.05) is 0 Å². The minimum Gasteiger partial charge on any atom is -0.278 e. The number of aromatic nitrogens is 4. The summed E-state index contributed by atoms with van der Waals surface area (Å²) in [6.07, 6.45) is 0. The standard InChI is InChI=1S/C39H24N4O/c44-38-36-28(27-17-8-11-21-32(27)42(38)26-15-5-2-6-16-26)23-24-34-35(36)30-19-9-12-22-33(30)43(34)39-40-31-20-10-7-18-29(31)37(41-39)25-13-3-1-4-14-25/h1-24H. The predicted octanol–water partition coefficient (Wildman–Crippen LogP) is 8.85. The SMILES string of the molecule is O=c1c2c(ccc3c2c2ccccc2n3-c2nc(-c3ccccc3)c3ccccc3n2)c2ccccc2n1-c1ccccc1. The van der Waals surface area contributed by atoms with Gasteiger partial charge < -0.3 is 0 Å². The van der Waals surface area contributed by atoms with Crippen LogP contribution in [0.5, 0.6) is 0 Å². The molecule has 0 saturated heterocycles. The largest absolute Gasteiger partial charge is 0.278 e. The second-order valence-electron chi connectivity index (χ2n) is 11.0. The van der Waals surface area contributed by atoms with Crippen LogP contribution in [-0.4, -0.2) is 19.1 Å². The van der Waals surface area contributed by atoms with Crippen LogP contribution in [-0.2, 0) is 0 Å². The summed E-state index contributed by atoms with van der Waals surface area (Å²) in [7, 11) is 0. The molecule has 0 bridgehead atoms. The Morgan fingerprint density at radius 1 is 0.432 bits per heavy atom. The Labute approximate surface area is 251 Å². The number of fused-ring (bicyclic) bond motifs is 8. The summed E-state index contributed by atoms with van der Waals surface area (Å²) in [4.78, 5) is 25.0. The molecule has 0 atom stereocenters. The van der Waals surface area contributed by atoms with Crippen LogP contribution in [0, 0.1) is 0 Å². The lowest BCUT2D eigenvalue weighted by atomic mass is 10.0. The maximum absolute atomic E-state index is 14.7. The normalized spacial score (nSPS) is 11.7. The highest BCUT2D eigenvalue weighted by Gasteiger charge is 2.22. The molecule has 0 unspecified atom stereocenters. The zero-order valence-electron chi connectivity index (χ0n) is 23.6. The van der Waals surface area contributed by atoms with Gasteiger partial charge in [0, 0.05) is 32.8 Å². The van der Waals surface area contributed by atoms with Crippen LogP contribution in [0.2, 0.25) is 0 Å². The summed E-state index contributed by atoms with van der Waals surface area (Å²) in [6, 6.07) is 48.8. The van der Waals surface area contributed by atoms with Gasteiger partial charge in [-0.15, -0.1) is 0 Å². The first-order chi connectivity index (χ1) is 21.8. The second-order valence-corrected chi connectivity index (χ2v) is 11.0. The van der Waals surface area contributed by atoms with Gasteiger partial charge in [0.2, 0.25) is 5.95 Å². The fourth-order valence-corrected chi connectivity index (χ4v) is 6.65. The van der Waals surface area contributed by atoms with Crippen molar-refractivity contribution in [3.8, 4) is 22.9 Å². The van der Waals surface area contributed by atoms with Crippen molar-refractivity contribution in [2.45, 2.75) is 0 Å². The summed E-state index contributed by atoms with van der Waals surface area (Å²) < 4.78 is 3.94. The monoisotopic (exact) mass is 564 g/mol. The maximum atomic E-state index is 14.7. The van der Waals surface area contributed by atoms with Gasteiger partial charge in [-0.25, -0.2) is 9.97 Å². The van der Waals surface area contributed by atoms with E-state index in [4.69, 9.17) is 9.97 Å². The fourth-order valence-electron chi connectivity index (χ4n) is 6.65. The first-order valence-electron chi connectivity index (χ1n) is 14.7. The van der Waals surface area contributed by atoms with Gasteiger partial charge in [-0.3, -0.25) is 13.9 Å². The molecule has 3 aromatic heterocycles. The number of nitrogens with zero attached hydrogens (tertiary/aromatic N) is 4. The topological polar surface area (TPSA) is 52.7 Å². The molecule has 9 aromatic rings. The highest BCUT2D eigenvalue weighted by Crippen LogP contribution is 2.38. The molecule has 3 heterocycles. The van der Waals surface area contributed by atoms with Gasteiger partial charge in [-0.1, -0.05) is 109 Å². The molecule has 206 valence electrons. The average molecular weight is 565 g/mol. The van der Waals surface area contributed by atoms with Crippen molar-refractivity contribution in [3.05, 3.63) is 156 Å². The molecule has 5 heteroatoms. The van der Waals surface area contributed by atoms with Crippen LogP contribution in [0.1, 0.15) is 0 Å². The third-order valence-electron chi connectivity index (χ3n) is 8.54. The lowest BCUT2D eigenvalue weighted by molar-refractivity contribution is 1.01. The molecule has 0 spiro atoms. The average Bonchev–Trinajstić information content (AvgIpc) is 3.43. The predicted molar refractivity (Wildman–Crippen MR) is 180 cm³/mol. The zero-order valence-corrected chi connectivity index (χ0v) is 23.6. The van der Waals surface area contributed by atoms with Gasteiger partial charge in [0.25, 0.3) is 5.56 Å². The Bertz CT molecular complexity index is 2620. The Morgan fingerprint density at radius 2 is 1.05 bits per heavy atom. The number of pyridine rings is 1. The third-order valence-corrected chi connectivity index (χ3v) is 8.54. The van der Waals surface area contributed by atoms with Crippen molar-refractivity contribution in [2.24, 2.45) is 0 Å². The number of hydrogen-bond donors (Lipinski definition) is 0. The van der Waals surface area contributed by atoms with Crippen LogP contribution in [0.15, 0.2) is 150 Å². The Hall–Kier alpha value is -6.07. The van der Waals surface area contributed by atoms with E-state index < -0.39 is 0 Å². The number of para-hydroxylation sites is 4. The second kappa shape index (κ2) is 9.48. The van der Waals surface area contributed by atoms with Crippen molar-refractivity contribution >= 4 is 54.4 Å². The molecule has 6 aromatic carbocycles.